The number of aromatic nitrogens is 3. The molecule has 0 saturated carbocycles. The van der Waals surface area contributed by atoms with Crippen LogP contribution < -0.4 is 5.32 Å². The summed E-state index contributed by atoms with van der Waals surface area (Å²) >= 11 is 0. The third-order valence-electron chi connectivity index (χ3n) is 4.38. The first-order chi connectivity index (χ1) is 13.2. The lowest BCUT2D eigenvalue weighted by Gasteiger charge is -2.09. The number of hydrogen-bond acceptors (Lipinski definition) is 3. The fourth-order valence-corrected chi connectivity index (χ4v) is 2.69. The van der Waals surface area contributed by atoms with E-state index < -0.39 is 11.7 Å². The third kappa shape index (κ3) is 4.05. The van der Waals surface area contributed by atoms with Crippen molar-refractivity contribution in [2.24, 2.45) is 0 Å². The highest BCUT2D eigenvalue weighted by molar-refractivity contribution is 6.04. The molecule has 0 bridgehead atoms. The van der Waals surface area contributed by atoms with Crippen LogP contribution in [0.4, 0.5) is 18.9 Å². The van der Waals surface area contributed by atoms with Gasteiger partial charge < -0.3 is 5.32 Å². The first kappa shape index (κ1) is 19.6. The first-order valence-electron chi connectivity index (χ1n) is 8.66. The van der Waals surface area contributed by atoms with E-state index in [9.17, 15) is 18.0 Å². The largest absolute Gasteiger partial charge is 0.417 e. The maximum atomic E-state index is 12.7. The van der Waals surface area contributed by atoms with Crippen molar-refractivity contribution < 1.29 is 18.0 Å². The smallest absolute Gasteiger partial charge is 0.322 e. The average molecular weight is 388 g/mol. The minimum Gasteiger partial charge on any atom is -0.322 e. The molecule has 1 N–H and O–H groups in total. The number of anilines is 1. The van der Waals surface area contributed by atoms with Gasteiger partial charge in [-0.25, -0.2) is 9.67 Å². The zero-order valence-electron chi connectivity index (χ0n) is 15.6. The van der Waals surface area contributed by atoms with Gasteiger partial charge in [-0.05, 0) is 42.7 Å². The van der Waals surface area contributed by atoms with E-state index in [1.165, 1.54) is 16.9 Å². The Morgan fingerprint density at radius 3 is 2.29 bits per heavy atom. The van der Waals surface area contributed by atoms with Gasteiger partial charge >= 0.3 is 6.18 Å². The summed E-state index contributed by atoms with van der Waals surface area (Å²) in [7, 11) is 0. The van der Waals surface area contributed by atoms with E-state index in [1.54, 1.807) is 6.92 Å². The number of halogens is 3. The second-order valence-electron chi connectivity index (χ2n) is 6.69. The molecule has 0 spiro atoms. The van der Waals surface area contributed by atoms with Gasteiger partial charge in [0, 0.05) is 11.9 Å². The predicted molar refractivity (Wildman–Crippen MR) is 99.6 cm³/mol. The van der Waals surface area contributed by atoms with E-state index in [2.05, 4.69) is 29.2 Å². The molecule has 0 radical (unpaired) electrons. The van der Waals surface area contributed by atoms with Crippen LogP contribution in [0, 0.1) is 6.92 Å². The van der Waals surface area contributed by atoms with Gasteiger partial charge in [0.05, 0.1) is 23.0 Å². The van der Waals surface area contributed by atoms with E-state index in [0.29, 0.717) is 22.9 Å². The van der Waals surface area contributed by atoms with Crippen molar-refractivity contribution in [2.75, 3.05) is 5.32 Å². The summed E-state index contributed by atoms with van der Waals surface area (Å²) in [4.78, 5) is 16.4. The van der Waals surface area contributed by atoms with Gasteiger partial charge in [-0.3, -0.25) is 4.79 Å². The maximum Gasteiger partial charge on any atom is 0.417 e. The van der Waals surface area contributed by atoms with Crippen molar-refractivity contribution in [3.8, 4) is 5.82 Å². The Hall–Kier alpha value is -3.16. The van der Waals surface area contributed by atoms with E-state index in [1.807, 2.05) is 24.3 Å². The van der Waals surface area contributed by atoms with Gasteiger partial charge in [0.25, 0.3) is 5.91 Å². The summed E-state index contributed by atoms with van der Waals surface area (Å²) in [6.07, 6.45) is -2.35. The summed E-state index contributed by atoms with van der Waals surface area (Å²) in [5.74, 6) is 0.236. The summed E-state index contributed by atoms with van der Waals surface area (Å²) in [5.41, 5.74) is 1.76. The fourth-order valence-electron chi connectivity index (χ4n) is 2.69. The highest BCUT2D eigenvalue weighted by Crippen LogP contribution is 2.29. The zero-order chi connectivity index (χ0) is 20.5. The molecule has 3 rings (SSSR count). The van der Waals surface area contributed by atoms with Crippen LogP contribution in [0.3, 0.4) is 0 Å². The molecule has 1 aromatic carbocycles. The van der Waals surface area contributed by atoms with Crippen molar-refractivity contribution in [1.29, 1.82) is 0 Å². The molecule has 3 aromatic rings. The van der Waals surface area contributed by atoms with Crippen LogP contribution in [0.1, 0.15) is 46.9 Å². The van der Waals surface area contributed by atoms with Crippen LogP contribution in [0.25, 0.3) is 5.82 Å². The average Bonchev–Trinajstić information content (AvgIpc) is 3.03. The molecule has 5 nitrogen and oxygen atoms in total. The number of rotatable bonds is 4. The Kier molecular flexibility index (Phi) is 5.22. The van der Waals surface area contributed by atoms with Gasteiger partial charge in [0.2, 0.25) is 0 Å². The minimum absolute atomic E-state index is 0.200. The molecule has 0 fully saturated rings. The van der Waals surface area contributed by atoms with Crippen molar-refractivity contribution in [3.63, 3.8) is 0 Å². The molecule has 8 heteroatoms. The second kappa shape index (κ2) is 7.46. The second-order valence-corrected chi connectivity index (χ2v) is 6.69. The normalized spacial score (nSPS) is 11.7. The number of nitrogens with zero attached hydrogens (tertiary/aromatic N) is 3. The Labute approximate surface area is 160 Å². The summed E-state index contributed by atoms with van der Waals surface area (Å²) < 4.78 is 39.3. The topological polar surface area (TPSA) is 59.8 Å². The molecule has 0 unspecified atom stereocenters. The van der Waals surface area contributed by atoms with Gasteiger partial charge in [-0.2, -0.15) is 18.3 Å². The number of benzene rings is 1. The van der Waals surface area contributed by atoms with Crippen LogP contribution in [0.2, 0.25) is 0 Å². The maximum absolute atomic E-state index is 12.7. The first-order valence-corrected chi connectivity index (χ1v) is 8.66. The summed E-state index contributed by atoms with van der Waals surface area (Å²) in [6, 6.07) is 9.69. The molecule has 2 heterocycles. The van der Waals surface area contributed by atoms with E-state index in [4.69, 9.17) is 0 Å². The molecule has 146 valence electrons. The predicted octanol–water partition coefficient (Wildman–Crippen LogP) is 4.97. The number of alkyl halides is 3. The van der Waals surface area contributed by atoms with Gasteiger partial charge in [0.15, 0.2) is 5.82 Å². The number of amides is 1. The number of nitrogens with one attached hydrogen (secondary N) is 1. The number of hydrogen-bond donors (Lipinski definition) is 1. The van der Waals surface area contributed by atoms with Crippen LogP contribution in [-0.4, -0.2) is 20.7 Å². The number of carbonyl (C=O) groups excluding carboxylic acids is 1. The Morgan fingerprint density at radius 1 is 1.07 bits per heavy atom. The highest BCUT2D eigenvalue weighted by atomic mass is 19.4. The van der Waals surface area contributed by atoms with E-state index in [-0.39, 0.29) is 11.7 Å². The molecular formula is C20H19F3N4O. The van der Waals surface area contributed by atoms with Crippen molar-refractivity contribution in [1.82, 2.24) is 14.8 Å². The van der Waals surface area contributed by atoms with Crippen molar-refractivity contribution >= 4 is 11.6 Å². The summed E-state index contributed by atoms with van der Waals surface area (Å²) in [5, 5.41) is 6.89. The fraction of sp³-hybridized carbons (Fsp3) is 0.250. The SMILES string of the molecule is Cc1c(C(=O)Nc2ccc(C(C)C)cc2)cnn1-c1ccc(C(F)(F)F)cn1. The molecule has 2 aromatic heterocycles. The van der Waals surface area contributed by atoms with Gasteiger partial charge in [-0.1, -0.05) is 26.0 Å². The Balaban J connectivity index is 1.79. The van der Waals surface area contributed by atoms with E-state index in [0.717, 1.165) is 17.8 Å². The molecule has 0 aliphatic rings. The molecule has 0 aliphatic heterocycles. The standard InChI is InChI=1S/C20H19F3N4O/c1-12(2)14-4-7-16(8-5-14)26-19(28)17-11-25-27(13(17)3)18-9-6-15(10-24-18)20(21,22)23/h4-12H,1-3H3,(H,26,28). The van der Waals surface area contributed by atoms with Crippen LogP contribution in [0.15, 0.2) is 48.8 Å². The van der Waals surface area contributed by atoms with Crippen molar-refractivity contribution in [2.45, 2.75) is 32.9 Å². The monoisotopic (exact) mass is 388 g/mol. The lowest BCUT2D eigenvalue weighted by atomic mass is 10.0. The van der Waals surface area contributed by atoms with Gasteiger partial charge in [0.1, 0.15) is 0 Å². The highest BCUT2D eigenvalue weighted by Gasteiger charge is 2.30. The molecule has 0 atom stereocenters. The van der Waals surface area contributed by atoms with Crippen LogP contribution in [-0.2, 0) is 6.18 Å². The Bertz CT molecular complexity index is 974. The van der Waals surface area contributed by atoms with Crippen LogP contribution >= 0.6 is 0 Å². The van der Waals surface area contributed by atoms with Crippen molar-refractivity contribution in [3.05, 3.63) is 71.2 Å². The number of pyridine rings is 1. The molecule has 0 aliphatic carbocycles. The molecule has 0 saturated heterocycles. The van der Waals surface area contributed by atoms with Crippen LogP contribution in [0.5, 0.6) is 0 Å². The lowest BCUT2D eigenvalue weighted by Crippen LogP contribution is -2.13. The molecule has 1 amide bonds. The zero-order valence-corrected chi connectivity index (χ0v) is 15.6. The third-order valence-corrected chi connectivity index (χ3v) is 4.38. The summed E-state index contributed by atoms with van der Waals surface area (Å²) in [6.45, 7) is 5.82. The van der Waals surface area contributed by atoms with E-state index >= 15 is 0 Å². The quantitative estimate of drug-likeness (QED) is 0.686. The molecule has 28 heavy (non-hydrogen) atoms. The minimum atomic E-state index is -4.46. The van der Waals surface area contributed by atoms with Gasteiger partial charge in [-0.15, -0.1) is 0 Å². The Morgan fingerprint density at radius 2 is 1.75 bits per heavy atom. The number of carbonyl (C=O) groups is 1. The molecular weight excluding hydrogens is 369 g/mol. The lowest BCUT2D eigenvalue weighted by molar-refractivity contribution is -0.137.